The van der Waals surface area contributed by atoms with Crippen molar-refractivity contribution in [2.45, 2.75) is 12.5 Å². The summed E-state index contributed by atoms with van der Waals surface area (Å²) in [5, 5.41) is 2.84. The van der Waals surface area contributed by atoms with E-state index in [1.54, 1.807) is 0 Å². The summed E-state index contributed by atoms with van der Waals surface area (Å²) in [6.07, 6.45) is 0. The lowest BCUT2D eigenvalue weighted by Gasteiger charge is -2.27. The van der Waals surface area contributed by atoms with E-state index in [0.29, 0.717) is 17.2 Å². The fourth-order valence-electron chi connectivity index (χ4n) is 3.13. The monoisotopic (exact) mass is 367 g/mol. The number of alkyl halides is 2. The Hall–Kier alpha value is -3.41. The van der Waals surface area contributed by atoms with Crippen molar-refractivity contribution in [1.29, 1.82) is 0 Å². The van der Waals surface area contributed by atoms with Crippen LogP contribution in [0.5, 0.6) is 17.2 Å². The van der Waals surface area contributed by atoms with Crippen molar-refractivity contribution < 1.29 is 23.0 Å². The van der Waals surface area contributed by atoms with Gasteiger partial charge >= 0.3 is 6.61 Å². The van der Waals surface area contributed by atoms with Crippen LogP contribution in [0.3, 0.4) is 0 Å². The summed E-state index contributed by atoms with van der Waals surface area (Å²) in [4.78, 5) is 13.0. The first kappa shape index (κ1) is 17.0. The third-order valence-corrected chi connectivity index (χ3v) is 4.29. The SMILES string of the molecule is O=C(Nc1ccc(OC(F)F)cc1)C1c2ccccc2Oc2ccccc21. The number of ether oxygens (including phenoxy) is 2. The lowest BCUT2D eigenvalue weighted by molar-refractivity contribution is -0.116. The van der Waals surface area contributed by atoms with Gasteiger partial charge in [-0.3, -0.25) is 4.79 Å². The van der Waals surface area contributed by atoms with Gasteiger partial charge in [0, 0.05) is 16.8 Å². The summed E-state index contributed by atoms with van der Waals surface area (Å²) in [5.74, 6) is 0.530. The summed E-state index contributed by atoms with van der Waals surface area (Å²) < 4.78 is 34.7. The second-order valence-corrected chi connectivity index (χ2v) is 6.00. The molecule has 1 aliphatic rings. The highest BCUT2D eigenvalue weighted by Gasteiger charge is 2.32. The number of carbonyl (C=O) groups excluding carboxylic acids is 1. The minimum absolute atomic E-state index is 0.0322. The number of hydrogen-bond acceptors (Lipinski definition) is 3. The molecule has 27 heavy (non-hydrogen) atoms. The van der Waals surface area contributed by atoms with Gasteiger partial charge in [0.1, 0.15) is 17.2 Å². The normalized spacial score (nSPS) is 12.7. The van der Waals surface area contributed by atoms with E-state index in [1.165, 1.54) is 24.3 Å². The number of benzene rings is 3. The second kappa shape index (κ2) is 7.07. The molecule has 4 nitrogen and oxygen atoms in total. The van der Waals surface area contributed by atoms with Gasteiger partial charge in [-0.25, -0.2) is 0 Å². The smallest absolute Gasteiger partial charge is 0.387 e. The Morgan fingerprint density at radius 3 is 2.00 bits per heavy atom. The minimum atomic E-state index is -2.89. The number of halogens is 2. The molecular weight excluding hydrogens is 352 g/mol. The minimum Gasteiger partial charge on any atom is -0.457 e. The van der Waals surface area contributed by atoms with E-state index in [0.717, 1.165) is 11.1 Å². The molecule has 0 bridgehead atoms. The molecule has 3 aromatic carbocycles. The van der Waals surface area contributed by atoms with E-state index in [4.69, 9.17) is 4.74 Å². The molecule has 0 saturated carbocycles. The van der Waals surface area contributed by atoms with Gasteiger partial charge in [0.15, 0.2) is 0 Å². The van der Waals surface area contributed by atoms with Gasteiger partial charge in [-0.15, -0.1) is 0 Å². The van der Waals surface area contributed by atoms with E-state index in [-0.39, 0.29) is 11.7 Å². The summed E-state index contributed by atoms with van der Waals surface area (Å²) >= 11 is 0. The standard InChI is InChI=1S/C21H15F2NO3/c22-21(23)26-14-11-9-13(10-12-14)24-20(25)19-15-5-1-3-7-17(15)27-18-8-4-2-6-16(18)19/h1-12,19,21H,(H,24,25). The Balaban J connectivity index is 1.62. The van der Waals surface area contributed by atoms with Gasteiger partial charge < -0.3 is 14.8 Å². The number of hydrogen-bond donors (Lipinski definition) is 1. The van der Waals surface area contributed by atoms with E-state index in [2.05, 4.69) is 10.1 Å². The van der Waals surface area contributed by atoms with E-state index in [9.17, 15) is 13.6 Å². The molecule has 1 heterocycles. The molecule has 0 saturated heterocycles. The van der Waals surface area contributed by atoms with Crippen LogP contribution in [-0.2, 0) is 4.79 Å². The van der Waals surface area contributed by atoms with Gasteiger partial charge in [-0.1, -0.05) is 36.4 Å². The van der Waals surface area contributed by atoms with Crippen molar-refractivity contribution in [2.24, 2.45) is 0 Å². The number of nitrogens with one attached hydrogen (secondary N) is 1. The highest BCUT2D eigenvalue weighted by atomic mass is 19.3. The fraction of sp³-hybridized carbons (Fsp3) is 0.0952. The molecule has 0 unspecified atom stereocenters. The number of carbonyl (C=O) groups is 1. The Morgan fingerprint density at radius 1 is 0.889 bits per heavy atom. The van der Waals surface area contributed by atoms with Crippen molar-refractivity contribution in [2.75, 3.05) is 5.32 Å². The van der Waals surface area contributed by atoms with Crippen LogP contribution in [0.15, 0.2) is 72.8 Å². The van der Waals surface area contributed by atoms with Crippen LogP contribution in [0.2, 0.25) is 0 Å². The van der Waals surface area contributed by atoms with Crippen molar-refractivity contribution in [3.63, 3.8) is 0 Å². The van der Waals surface area contributed by atoms with Crippen LogP contribution >= 0.6 is 0 Å². The molecule has 136 valence electrons. The summed E-state index contributed by atoms with van der Waals surface area (Å²) in [7, 11) is 0. The van der Waals surface area contributed by atoms with Gasteiger partial charge in [0.05, 0.1) is 5.92 Å². The first-order valence-electron chi connectivity index (χ1n) is 8.33. The first-order valence-corrected chi connectivity index (χ1v) is 8.33. The highest BCUT2D eigenvalue weighted by Crippen LogP contribution is 2.44. The maximum absolute atomic E-state index is 13.0. The number of para-hydroxylation sites is 2. The number of anilines is 1. The lowest BCUT2D eigenvalue weighted by atomic mass is 9.87. The molecule has 3 aromatic rings. The quantitative estimate of drug-likeness (QED) is 0.692. The summed E-state index contributed by atoms with van der Waals surface area (Å²) in [5.41, 5.74) is 2.03. The number of amides is 1. The number of rotatable bonds is 4. The maximum atomic E-state index is 13.0. The zero-order valence-electron chi connectivity index (χ0n) is 14.1. The van der Waals surface area contributed by atoms with Crippen LogP contribution < -0.4 is 14.8 Å². The molecule has 0 radical (unpaired) electrons. The fourth-order valence-corrected chi connectivity index (χ4v) is 3.13. The predicted molar refractivity (Wildman–Crippen MR) is 96.5 cm³/mol. The lowest BCUT2D eigenvalue weighted by Crippen LogP contribution is -2.25. The zero-order chi connectivity index (χ0) is 18.8. The second-order valence-electron chi connectivity index (χ2n) is 6.00. The molecule has 0 atom stereocenters. The van der Waals surface area contributed by atoms with Crippen LogP contribution in [0.4, 0.5) is 14.5 Å². The van der Waals surface area contributed by atoms with E-state index in [1.807, 2.05) is 48.5 Å². The van der Waals surface area contributed by atoms with Crippen molar-refractivity contribution in [3.8, 4) is 17.2 Å². The largest absolute Gasteiger partial charge is 0.457 e. The average molecular weight is 367 g/mol. The van der Waals surface area contributed by atoms with Crippen molar-refractivity contribution in [3.05, 3.63) is 83.9 Å². The molecular formula is C21H15F2NO3. The van der Waals surface area contributed by atoms with Gasteiger partial charge in [-0.2, -0.15) is 8.78 Å². The van der Waals surface area contributed by atoms with E-state index < -0.39 is 12.5 Å². The Kier molecular flexibility index (Phi) is 4.46. The van der Waals surface area contributed by atoms with Crippen LogP contribution in [0.25, 0.3) is 0 Å². The Bertz CT molecular complexity index is 928. The molecule has 0 spiro atoms. The average Bonchev–Trinajstić information content (AvgIpc) is 2.67. The molecule has 0 aromatic heterocycles. The third kappa shape index (κ3) is 3.46. The maximum Gasteiger partial charge on any atom is 0.387 e. The van der Waals surface area contributed by atoms with Crippen molar-refractivity contribution in [1.82, 2.24) is 0 Å². The van der Waals surface area contributed by atoms with Crippen LogP contribution in [-0.4, -0.2) is 12.5 Å². The van der Waals surface area contributed by atoms with Crippen LogP contribution in [0, 0.1) is 0 Å². The molecule has 1 N–H and O–H groups in total. The molecule has 4 rings (SSSR count). The highest BCUT2D eigenvalue weighted by molar-refractivity contribution is 5.99. The first-order chi connectivity index (χ1) is 13.1. The Morgan fingerprint density at radius 2 is 1.44 bits per heavy atom. The van der Waals surface area contributed by atoms with E-state index >= 15 is 0 Å². The number of fused-ring (bicyclic) bond motifs is 2. The Labute approximate surface area is 154 Å². The summed E-state index contributed by atoms with van der Waals surface area (Å²) in [6.45, 7) is -2.89. The van der Waals surface area contributed by atoms with Gasteiger partial charge in [0.25, 0.3) is 0 Å². The van der Waals surface area contributed by atoms with Gasteiger partial charge in [-0.05, 0) is 36.4 Å². The molecule has 1 aliphatic heterocycles. The summed E-state index contributed by atoms with van der Waals surface area (Å²) in [6, 6.07) is 20.6. The van der Waals surface area contributed by atoms with Crippen molar-refractivity contribution >= 4 is 11.6 Å². The third-order valence-electron chi connectivity index (χ3n) is 4.29. The molecule has 1 amide bonds. The molecule has 0 aliphatic carbocycles. The van der Waals surface area contributed by atoms with Gasteiger partial charge in [0.2, 0.25) is 5.91 Å². The topological polar surface area (TPSA) is 47.6 Å². The molecule has 6 heteroatoms. The predicted octanol–water partition coefficient (Wildman–Crippen LogP) is 5.16. The zero-order valence-corrected chi connectivity index (χ0v) is 14.1. The van der Waals surface area contributed by atoms with Crippen LogP contribution in [0.1, 0.15) is 17.0 Å². The molecule has 0 fully saturated rings.